The fourth-order valence-corrected chi connectivity index (χ4v) is 1.45. The summed E-state index contributed by atoms with van der Waals surface area (Å²) in [5.41, 5.74) is 0.759. The van der Waals surface area contributed by atoms with Crippen molar-refractivity contribution in [2.24, 2.45) is 0 Å². The Balaban J connectivity index is 2.68. The van der Waals surface area contributed by atoms with Crippen LogP contribution in [0.2, 0.25) is 0 Å². The summed E-state index contributed by atoms with van der Waals surface area (Å²) in [5.74, 6) is -0.273. The fraction of sp³-hybridized carbons (Fsp3) is 0.462. The Labute approximate surface area is 108 Å². The van der Waals surface area contributed by atoms with Crippen molar-refractivity contribution < 1.29 is 13.9 Å². The molecule has 1 atom stereocenters. The van der Waals surface area contributed by atoms with Crippen LogP contribution in [0.5, 0.6) is 0 Å². The minimum absolute atomic E-state index is 0.273. The van der Waals surface area contributed by atoms with Gasteiger partial charge in [0.05, 0.1) is 6.04 Å². The summed E-state index contributed by atoms with van der Waals surface area (Å²) in [6.07, 6.45) is -0.504. The highest BCUT2D eigenvalue weighted by Gasteiger charge is 2.18. The van der Waals surface area contributed by atoms with Crippen LogP contribution in [0.1, 0.15) is 39.3 Å². The Bertz CT molecular complexity index is 443. The molecule has 0 heterocycles. The lowest BCUT2D eigenvalue weighted by Gasteiger charge is -2.22. The van der Waals surface area contributed by atoms with Crippen molar-refractivity contribution >= 4 is 19.4 Å². The quantitative estimate of drug-likeness (QED) is 0.812. The Morgan fingerprint density at radius 2 is 2.06 bits per heavy atom. The zero-order chi connectivity index (χ0) is 13.9. The molecule has 18 heavy (non-hydrogen) atoms. The zero-order valence-corrected chi connectivity index (χ0v) is 11.5. The van der Waals surface area contributed by atoms with Gasteiger partial charge in [0.15, 0.2) is 0 Å². The second-order valence-corrected chi connectivity index (χ2v) is 5.38. The van der Waals surface area contributed by atoms with Crippen molar-refractivity contribution in [2.75, 3.05) is 0 Å². The number of alkyl carbamates (subject to hydrolysis) is 1. The number of ether oxygens (including phenoxy) is 1. The van der Waals surface area contributed by atoms with Gasteiger partial charge in [0.1, 0.15) is 19.3 Å². The standard InChI is InChI=1S/C13H19BFNO2/c1-8(16-12(17)18-13(2,3)4)9-5-6-10(14)11(15)7-9/h5-8H,14H2,1-4H3,(H,16,17). The topological polar surface area (TPSA) is 38.3 Å². The van der Waals surface area contributed by atoms with Crippen molar-refractivity contribution in [3.8, 4) is 0 Å². The summed E-state index contributed by atoms with van der Waals surface area (Å²) < 4.78 is 18.5. The van der Waals surface area contributed by atoms with Gasteiger partial charge in [-0.05, 0) is 39.3 Å². The smallest absolute Gasteiger partial charge is 0.408 e. The van der Waals surface area contributed by atoms with Gasteiger partial charge in [-0.3, -0.25) is 0 Å². The summed E-state index contributed by atoms with van der Waals surface area (Å²) in [7, 11) is 1.70. The van der Waals surface area contributed by atoms with Crippen molar-refractivity contribution in [3.05, 3.63) is 29.6 Å². The SMILES string of the molecule is Bc1ccc(C(C)NC(=O)OC(C)(C)C)cc1F. The van der Waals surface area contributed by atoms with Gasteiger partial charge >= 0.3 is 6.09 Å². The second-order valence-electron chi connectivity index (χ2n) is 5.38. The van der Waals surface area contributed by atoms with E-state index in [4.69, 9.17) is 4.74 Å². The molecule has 3 nitrogen and oxygen atoms in total. The van der Waals surface area contributed by atoms with Gasteiger partial charge in [-0.15, -0.1) is 0 Å². The number of amides is 1. The van der Waals surface area contributed by atoms with Crippen LogP contribution in [0.3, 0.4) is 0 Å². The van der Waals surface area contributed by atoms with Crippen LogP contribution in [0, 0.1) is 5.82 Å². The molecular formula is C13H19BFNO2. The summed E-state index contributed by atoms with van der Waals surface area (Å²) >= 11 is 0. The van der Waals surface area contributed by atoms with E-state index < -0.39 is 11.7 Å². The van der Waals surface area contributed by atoms with Gasteiger partial charge in [-0.25, -0.2) is 9.18 Å². The summed E-state index contributed by atoms with van der Waals surface area (Å²) in [6, 6.07) is 4.62. The average Bonchev–Trinajstić information content (AvgIpc) is 2.18. The highest BCUT2D eigenvalue weighted by molar-refractivity contribution is 6.32. The van der Waals surface area contributed by atoms with E-state index in [0.29, 0.717) is 11.0 Å². The molecule has 0 aliphatic rings. The third-order valence-corrected chi connectivity index (χ3v) is 2.43. The van der Waals surface area contributed by atoms with Gasteiger partial charge in [-0.2, -0.15) is 0 Å². The number of carbonyl (C=O) groups excluding carboxylic acids is 1. The fourth-order valence-electron chi connectivity index (χ4n) is 1.45. The molecule has 1 unspecified atom stereocenters. The van der Waals surface area contributed by atoms with E-state index in [1.54, 1.807) is 47.7 Å². The monoisotopic (exact) mass is 251 g/mol. The van der Waals surface area contributed by atoms with Crippen LogP contribution >= 0.6 is 0 Å². The van der Waals surface area contributed by atoms with Crippen LogP contribution in [0.4, 0.5) is 9.18 Å². The molecule has 0 aromatic heterocycles. The molecule has 0 spiro atoms. The molecular weight excluding hydrogens is 232 g/mol. The van der Waals surface area contributed by atoms with Crippen molar-refractivity contribution in [2.45, 2.75) is 39.3 Å². The average molecular weight is 251 g/mol. The van der Waals surface area contributed by atoms with E-state index >= 15 is 0 Å². The molecule has 1 rings (SSSR count). The number of carbonyl (C=O) groups is 1. The van der Waals surface area contributed by atoms with Crippen molar-refractivity contribution in [3.63, 3.8) is 0 Å². The maximum Gasteiger partial charge on any atom is 0.408 e. The number of hydrogen-bond acceptors (Lipinski definition) is 2. The maximum atomic E-state index is 13.4. The molecule has 0 saturated carbocycles. The van der Waals surface area contributed by atoms with E-state index in [1.807, 2.05) is 0 Å². The van der Waals surface area contributed by atoms with E-state index in [1.165, 1.54) is 6.07 Å². The zero-order valence-electron chi connectivity index (χ0n) is 11.5. The Morgan fingerprint density at radius 3 is 2.56 bits per heavy atom. The first-order chi connectivity index (χ1) is 8.19. The predicted molar refractivity (Wildman–Crippen MR) is 72.4 cm³/mol. The summed E-state index contributed by atoms with van der Waals surface area (Å²) in [4.78, 5) is 11.6. The van der Waals surface area contributed by atoms with Crippen molar-refractivity contribution in [1.29, 1.82) is 0 Å². The minimum atomic E-state index is -0.539. The Kier molecular flexibility index (Phi) is 4.38. The number of halogens is 1. The first-order valence-electron chi connectivity index (χ1n) is 5.94. The highest BCUT2D eigenvalue weighted by atomic mass is 19.1. The number of nitrogens with one attached hydrogen (secondary N) is 1. The molecule has 1 aromatic rings. The van der Waals surface area contributed by atoms with E-state index in [0.717, 1.165) is 0 Å². The van der Waals surface area contributed by atoms with Crippen LogP contribution in [0.25, 0.3) is 0 Å². The van der Waals surface area contributed by atoms with Gasteiger partial charge in [0, 0.05) is 0 Å². The number of rotatable bonds is 2. The third kappa shape index (κ3) is 4.39. The molecule has 1 aromatic carbocycles. The lowest BCUT2D eigenvalue weighted by molar-refractivity contribution is 0.0508. The maximum absolute atomic E-state index is 13.4. The molecule has 5 heteroatoms. The van der Waals surface area contributed by atoms with Gasteiger partial charge in [-0.1, -0.05) is 17.6 Å². The molecule has 0 bridgehead atoms. The molecule has 0 aliphatic heterocycles. The van der Waals surface area contributed by atoms with Gasteiger partial charge in [0.25, 0.3) is 0 Å². The van der Waals surface area contributed by atoms with E-state index in [-0.39, 0.29) is 11.9 Å². The summed E-state index contributed by atoms with van der Waals surface area (Å²) in [6.45, 7) is 7.17. The Morgan fingerprint density at radius 1 is 1.44 bits per heavy atom. The van der Waals surface area contributed by atoms with Gasteiger partial charge < -0.3 is 10.1 Å². The van der Waals surface area contributed by atoms with E-state index in [2.05, 4.69) is 5.32 Å². The lowest BCUT2D eigenvalue weighted by atomic mass is 9.93. The Hall–Kier alpha value is -1.52. The first kappa shape index (κ1) is 14.5. The number of hydrogen-bond donors (Lipinski definition) is 1. The second kappa shape index (κ2) is 5.42. The molecule has 0 aliphatic carbocycles. The van der Waals surface area contributed by atoms with Crippen LogP contribution in [0.15, 0.2) is 18.2 Å². The van der Waals surface area contributed by atoms with Crippen molar-refractivity contribution in [1.82, 2.24) is 5.32 Å². The molecule has 98 valence electrons. The van der Waals surface area contributed by atoms with Crippen LogP contribution < -0.4 is 10.8 Å². The molecule has 1 amide bonds. The van der Waals surface area contributed by atoms with E-state index in [9.17, 15) is 9.18 Å². The third-order valence-electron chi connectivity index (χ3n) is 2.43. The normalized spacial score (nSPS) is 12.9. The lowest BCUT2D eigenvalue weighted by Crippen LogP contribution is -2.34. The number of benzene rings is 1. The molecule has 0 fully saturated rings. The largest absolute Gasteiger partial charge is 0.444 e. The van der Waals surface area contributed by atoms with Crippen LogP contribution in [-0.4, -0.2) is 19.5 Å². The summed E-state index contributed by atoms with van der Waals surface area (Å²) in [5, 5.41) is 2.67. The minimum Gasteiger partial charge on any atom is -0.444 e. The van der Waals surface area contributed by atoms with Gasteiger partial charge in [0.2, 0.25) is 0 Å². The molecule has 0 radical (unpaired) electrons. The highest BCUT2D eigenvalue weighted by Crippen LogP contribution is 2.14. The molecule has 1 N–H and O–H groups in total. The van der Waals surface area contributed by atoms with Crippen LogP contribution in [-0.2, 0) is 4.74 Å². The predicted octanol–water partition coefficient (Wildman–Crippen LogP) is 1.67. The first-order valence-corrected chi connectivity index (χ1v) is 5.94. The molecule has 0 saturated heterocycles.